The third kappa shape index (κ3) is 3.85. The minimum absolute atomic E-state index is 0.188. The summed E-state index contributed by atoms with van der Waals surface area (Å²) in [4.78, 5) is 15.5. The Labute approximate surface area is 148 Å². The lowest BCUT2D eigenvalue weighted by Crippen LogP contribution is -2.37. The summed E-state index contributed by atoms with van der Waals surface area (Å²) in [5, 5.41) is 4.34. The average molecular weight is 370 g/mol. The monoisotopic (exact) mass is 369 g/mol. The lowest BCUT2D eigenvalue weighted by atomic mass is 9.93. The zero-order valence-corrected chi connectivity index (χ0v) is 14.5. The van der Waals surface area contributed by atoms with Gasteiger partial charge in [0, 0.05) is 18.2 Å². The fourth-order valence-corrected chi connectivity index (χ4v) is 2.40. The van der Waals surface area contributed by atoms with E-state index in [1.54, 1.807) is 27.0 Å². The minimum atomic E-state index is -4.65. The van der Waals surface area contributed by atoms with Gasteiger partial charge in [-0.1, -0.05) is 29.8 Å². The predicted molar refractivity (Wildman–Crippen MR) is 87.7 cm³/mol. The zero-order chi connectivity index (χ0) is 19.0. The van der Waals surface area contributed by atoms with E-state index >= 15 is 0 Å². The Hall–Kier alpha value is -2.33. The molecule has 0 unspecified atom stereocenters. The second-order valence-electron chi connectivity index (χ2n) is 6.17. The average Bonchev–Trinajstić information content (AvgIpc) is 2.86. The minimum Gasteiger partial charge on any atom is -0.297 e. The summed E-state index contributed by atoms with van der Waals surface area (Å²) in [5.74, 6) is -0.324. The van der Waals surface area contributed by atoms with Crippen LogP contribution in [-0.4, -0.2) is 15.6 Å². The van der Waals surface area contributed by atoms with Gasteiger partial charge in [-0.3, -0.25) is 9.48 Å². The van der Waals surface area contributed by atoms with Crippen molar-refractivity contribution in [3.63, 3.8) is 0 Å². The molecule has 8 heteroatoms. The standard InChI is InChI=1S/C17H15ClF3N3O/c1-10-9-24(23-15(10)18)16(2,3)14(25)8-11-5-6-13(22-4)12(7-11)17(19,20)21/h5-7,9H,8H2,1-3H3. The Morgan fingerprint density at radius 3 is 2.48 bits per heavy atom. The highest BCUT2D eigenvalue weighted by Crippen LogP contribution is 2.37. The van der Waals surface area contributed by atoms with E-state index in [-0.39, 0.29) is 22.9 Å². The van der Waals surface area contributed by atoms with E-state index in [0.717, 1.165) is 12.1 Å². The molecule has 2 aromatic rings. The molecule has 0 radical (unpaired) electrons. The highest BCUT2D eigenvalue weighted by Gasteiger charge is 2.35. The van der Waals surface area contributed by atoms with E-state index in [9.17, 15) is 18.0 Å². The van der Waals surface area contributed by atoms with Gasteiger partial charge in [0.05, 0.1) is 12.1 Å². The van der Waals surface area contributed by atoms with Crippen LogP contribution in [0.1, 0.15) is 30.5 Å². The molecule has 132 valence electrons. The molecule has 25 heavy (non-hydrogen) atoms. The Morgan fingerprint density at radius 2 is 2.00 bits per heavy atom. The highest BCUT2D eigenvalue weighted by atomic mass is 35.5. The van der Waals surface area contributed by atoms with E-state index in [4.69, 9.17) is 18.2 Å². The number of aryl methyl sites for hydroxylation is 1. The molecule has 0 N–H and O–H groups in total. The fourth-order valence-electron chi connectivity index (χ4n) is 2.27. The van der Waals surface area contributed by atoms with Crippen molar-refractivity contribution in [2.75, 3.05) is 0 Å². The number of ketones is 1. The Balaban J connectivity index is 2.33. The molecule has 0 aliphatic carbocycles. The summed E-state index contributed by atoms with van der Waals surface area (Å²) in [7, 11) is 0. The van der Waals surface area contributed by atoms with Gasteiger partial charge in [-0.05, 0) is 26.3 Å². The lowest BCUT2D eigenvalue weighted by molar-refractivity contribution is -0.137. The zero-order valence-electron chi connectivity index (χ0n) is 13.8. The van der Waals surface area contributed by atoms with E-state index in [1.165, 1.54) is 10.7 Å². The third-order valence-corrected chi connectivity index (χ3v) is 4.32. The first kappa shape index (κ1) is 19.0. The van der Waals surface area contributed by atoms with Gasteiger partial charge in [0.1, 0.15) is 5.54 Å². The van der Waals surface area contributed by atoms with Crippen LogP contribution in [0, 0.1) is 13.5 Å². The van der Waals surface area contributed by atoms with Crippen LogP contribution in [0.4, 0.5) is 18.9 Å². The van der Waals surface area contributed by atoms with E-state index in [1.807, 2.05) is 0 Å². The van der Waals surface area contributed by atoms with E-state index < -0.39 is 23.0 Å². The number of carbonyl (C=O) groups is 1. The third-order valence-electron chi connectivity index (χ3n) is 3.94. The summed E-state index contributed by atoms with van der Waals surface area (Å²) >= 11 is 5.91. The first-order valence-electron chi connectivity index (χ1n) is 7.30. The van der Waals surface area contributed by atoms with Gasteiger partial charge in [0.25, 0.3) is 0 Å². The van der Waals surface area contributed by atoms with Gasteiger partial charge >= 0.3 is 6.18 Å². The second-order valence-corrected chi connectivity index (χ2v) is 6.53. The number of hydrogen-bond donors (Lipinski definition) is 0. The first-order valence-corrected chi connectivity index (χ1v) is 7.67. The van der Waals surface area contributed by atoms with Crippen LogP contribution in [0.2, 0.25) is 5.15 Å². The number of carbonyl (C=O) groups excluding carboxylic acids is 1. The Bertz CT molecular complexity index is 843. The number of aromatic nitrogens is 2. The molecule has 0 saturated heterocycles. The summed E-state index contributed by atoms with van der Waals surface area (Å²) in [5.41, 5.74) is -1.72. The highest BCUT2D eigenvalue weighted by molar-refractivity contribution is 6.30. The molecule has 1 aromatic carbocycles. The molecule has 0 bridgehead atoms. The van der Waals surface area contributed by atoms with Crippen molar-refractivity contribution in [3.8, 4) is 0 Å². The van der Waals surface area contributed by atoms with E-state index in [2.05, 4.69) is 9.94 Å². The molecule has 1 heterocycles. The number of nitrogens with zero attached hydrogens (tertiary/aromatic N) is 3. The molecule has 0 fully saturated rings. The van der Waals surface area contributed by atoms with Gasteiger partial charge in [0.15, 0.2) is 16.6 Å². The van der Waals surface area contributed by atoms with Gasteiger partial charge in [-0.2, -0.15) is 18.3 Å². The van der Waals surface area contributed by atoms with Crippen molar-refractivity contribution in [1.29, 1.82) is 0 Å². The molecule has 0 aliphatic rings. The smallest absolute Gasteiger partial charge is 0.297 e. The van der Waals surface area contributed by atoms with Crippen molar-refractivity contribution < 1.29 is 18.0 Å². The number of halogens is 4. The molecule has 2 rings (SSSR count). The van der Waals surface area contributed by atoms with Crippen molar-refractivity contribution in [2.24, 2.45) is 0 Å². The molecule has 1 aromatic heterocycles. The van der Waals surface area contributed by atoms with Crippen molar-refractivity contribution >= 4 is 23.1 Å². The van der Waals surface area contributed by atoms with E-state index in [0.29, 0.717) is 5.56 Å². The largest absolute Gasteiger partial charge is 0.407 e. The molecular weight excluding hydrogens is 355 g/mol. The molecule has 0 saturated carbocycles. The molecule has 0 atom stereocenters. The normalized spacial score (nSPS) is 12.1. The molecular formula is C17H15ClF3N3O. The quantitative estimate of drug-likeness (QED) is 0.714. The van der Waals surface area contributed by atoms with Gasteiger partial charge < -0.3 is 0 Å². The summed E-state index contributed by atoms with van der Waals surface area (Å²) in [6.45, 7) is 11.8. The van der Waals surface area contributed by atoms with Crippen molar-refractivity contribution in [3.05, 3.63) is 57.7 Å². The summed E-state index contributed by atoms with van der Waals surface area (Å²) in [6.07, 6.45) is -3.25. The molecule has 0 amide bonds. The Morgan fingerprint density at radius 1 is 1.36 bits per heavy atom. The molecule has 4 nitrogen and oxygen atoms in total. The maximum atomic E-state index is 13.0. The Kier molecular flexibility index (Phi) is 4.96. The number of Topliss-reactive ketones (excluding diaryl/α,β-unsaturated/α-hetero) is 1. The topological polar surface area (TPSA) is 39.2 Å². The van der Waals surface area contributed by atoms with Crippen molar-refractivity contribution in [2.45, 2.75) is 38.9 Å². The van der Waals surface area contributed by atoms with Gasteiger partial charge in [0.2, 0.25) is 0 Å². The maximum Gasteiger partial charge on any atom is 0.407 e. The van der Waals surface area contributed by atoms with Crippen LogP contribution < -0.4 is 0 Å². The van der Waals surface area contributed by atoms with Crippen LogP contribution in [0.5, 0.6) is 0 Å². The van der Waals surface area contributed by atoms with Crippen LogP contribution >= 0.6 is 11.6 Å². The number of benzene rings is 1. The predicted octanol–water partition coefficient (Wildman–Crippen LogP) is 4.96. The molecule has 0 spiro atoms. The summed E-state index contributed by atoms with van der Waals surface area (Å²) < 4.78 is 40.5. The van der Waals surface area contributed by atoms with Gasteiger partial charge in [-0.25, -0.2) is 4.85 Å². The van der Waals surface area contributed by atoms with Crippen LogP contribution in [0.3, 0.4) is 0 Å². The fraction of sp³-hybridized carbons (Fsp3) is 0.353. The number of rotatable bonds is 4. The van der Waals surface area contributed by atoms with Gasteiger partial charge in [-0.15, -0.1) is 0 Å². The van der Waals surface area contributed by atoms with Crippen LogP contribution in [0.15, 0.2) is 24.4 Å². The second kappa shape index (κ2) is 6.52. The lowest BCUT2D eigenvalue weighted by Gasteiger charge is -2.24. The number of hydrogen-bond acceptors (Lipinski definition) is 2. The van der Waals surface area contributed by atoms with Crippen LogP contribution in [0.25, 0.3) is 4.85 Å². The summed E-state index contributed by atoms with van der Waals surface area (Å²) in [6, 6.07) is 3.29. The van der Waals surface area contributed by atoms with Crippen LogP contribution in [-0.2, 0) is 22.9 Å². The molecule has 0 aliphatic heterocycles. The van der Waals surface area contributed by atoms with Crippen molar-refractivity contribution in [1.82, 2.24) is 9.78 Å². The SMILES string of the molecule is [C-]#[N+]c1ccc(CC(=O)C(C)(C)n2cc(C)c(Cl)n2)cc1C(F)(F)F. The maximum absolute atomic E-state index is 13.0. The first-order chi connectivity index (χ1) is 11.5. The number of alkyl halides is 3.